The fraction of sp³-hybridized carbons (Fsp3) is 0.750. The lowest BCUT2D eigenvalue weighted by Crippen LogP contribution is -2.38. The summed E-state index contributed by atoms with van der Waals surface area (Å²) >= 11 is 0. The normalized spacial score (nSPS) is 21.2. The number of hydrogen-bond acceptors (Lipinski definition) is 4. The lowest BCUT2D eigenvalue weighted by atomic mass is 10.0. The number of piperidine rings is 1. The first-order valence-electron chi connectivity index (χ1n) is 5.93. The van der Waals surface area contributed by atoms with E-state index in [4.69, 9.17) is 4.74 Å². The molecular weight excluding hydrogens is 206 g/mol. The Bertz CT molecular complexity index is 273. The van der Waals surface area contributed by atoms with Crippen LogP contribution in [0.25, 0.3) is 0 Å². The number of aliphatic hydroxyl groups is 1. The number of Topliss-reactive ketones (excluding diaryl/α,β-unsaturated/α-hetero) is 1. The highest BCUT2D eigenvalue weighted by Crippen LogP contribution is 2.17. The molecule has 0 aromatic carbocycles. The number of carbonyl (C=O) groups excluding carboxylic acids is 1. The van der Waals surface area contributed by atoms with Gasteiger partial charge in [0.05, 0.1) is 6.73 Å². The van der Waals surface area contributed by atoms with E-state index in [1.165, 1.54) is 0 Å². The van der Waals surface area contributed by atoms with Gasteiger partial charge in [-0.15, -0.1) is 0 Å². The molecule has 0 amide bonds. The van der Waals surface area contributed by atoms with E-state index in [2.05, 4.69) is 0 Å². The van der Waals surface area contributed by atoms with Crippen molar-refractivity contribution in [1.29, 1.82) is 0 Å². The molecule has 0 atom stereocenters. The second-order valence-electron chi connectivity index (χ2n) is 4.02. The van der Waals surface area contributed by atoms with Crippen LogP contribution in [0.1, 0.15) is 33.1 Å². The minimum Gasteiger partial charge on any atom is -0.512 e. The Morgan fingerprint density at radius 1 is 1.50 bits per heavy atom. The van der Waals surface area contributed by atoms with E-state index in [0.717, 1.165) is 13.0 Å². The fourth-order valence-corrected chi connectivity index (χ4v) is 1.77. The highest BCUT2D eigenvalue weighted by atomic mass is 16.5. The minimum absolute atomic E-state index is 0.0821. The van der Waals surface area contributed by atoms with E-state index in [9.17, 15) is 9.90 Å². The maximum Gasteiger partial charge on any atom is 0.164 e. The third-order valence-corrected chi connectivity index (χ3v) is 2.69. The van der Waals surface area contributed by atoms with E-state index in [0.29, 0.717) is 38.3 Å². The zero-order valence-electron chi connectivity index (χ0n) is 10.2. The van der Waals surface area contributed by atoms with Crippen LogP contribution in [0.15, 0.2) is 11.3 Å². The Morgan fingerprint density at radius 3 is 2.88 bits per heavy atom. The standard InChI is InChI=1S/C12H21NO3/c1-3-5-11(14)10-8-13(9-16-4-2)7-6-12(10)15/h14H,3-9H2,1-2H3. The number of aliphatic hydroxyl groups excluding tert-OH is 1. The van der Waals surface area contributed by atoms with Crippen molar-refractivity contribution in [3.05, 3.63) is 11.3 Å². The van der Waals surface area contributed by atoms with Gasteiger partial charge < -0.3 is 9.84 Å². The van der Waals surface area contributed by atoms with Crippen molar-refractivity contribution in [3.8, 4) is 0 Å². The van der Waals surface area contributed by atoms with Crippen LogP contribution < -0.4 is 0 Å². The zero-order valence-corrected chi connectivity index (χ0v) is 10.2. The van der Waals surface area contributed by atoms with Crippen molar-refractivity contribution in [2.75, 3.05) is 26.4 Å². The summed E-state index contributed by atoms with van der Waals surface area (Å²) in [6.07, 6.45) is 1.92. The third kappa shape index (κ3) is 3.61. The van der Waals surface area contributed by atoms with Crippen molar-refractivity contribution in [2.24, 2.45) is 0 Å². The third-order valence-electron chi connectivity index (χ3n) is 2.69. The van der Waals surface area contributed by atoms with E-state index in [-0.39, 0.29) is 11.5 Å². The van der Waals surface area contributed by atoms with Crippen molar-refractivity contribution < 1.29 is 14.6 Å². The number of nitrogens with zero attached hydrogens (tertiary/aromatic N) is 1. The molecule has 0 bridgehead atoms. The molecule has 4 heteroatoms. The Kier molecular flexibility index (Phi) is 5.49. The van der Waals surface area contributed by atoms with Gasteiger partial charge in [0.1, 0.15) is 5.76 Å². The Morgan fingerprint density at radius 2 is 2.25 bits per heavy atom. The number of allylic oxidation sites excluding steroid dienone is 1. The molecule has 0 aliphatic carbocycles. The highest BCUT2D eigenvalue weighted by Gasteiger charge is 2.24. The largest absolute Gasteiger partial charge is 0.512 e. The van der Waals surface area contributed by atoms with Crippen LogP contribution in [0.2, 0.25) is 0 Å². The number of carbonyl (C=O) groups is 1. The summed E-state index contributed by atoms with van der Waals surface area (Å²) < 4.78 is 5.31. The van der Waals surface area contributed by atoms with Crippen molar-refractivity contribution in [1.82, 2.24) is 4.90 Å². The lowest BCUT2D eigenvalue weighted by Gasteiger charge is -2.27. The molecule has 0 saturated carbocycles. The summed E-state index contributed by atoms with van der Waals surface area (Å²) in [5, 5.41) is 9.78. The second kappa shape index (κ2) is 6.66. The number of likely N-dealkylation sites (tertiary alicyclic amines) is 1. The second-order valence-corrected chi connectivity index (χ2v) is 4.02. The smallest absolute Gasteiger partial charge is 0.164 e. The molecule has 1 aliphatic rings. The van der Waals surface area contributed by atoms with Crippen LogP contribution in [-0.4, -0.2) is 42.2 Å². The van der Waals surface area contributed by atoms with Crippen LogP contribution in [0.4, 0.5) is 0 Å². The SMILES string of the molecule is CCCC(O)=C1CN(COCC)CCC1=O. The van der Waals surface area contributed by atoms with Gasteiger partial charge >= 0.3 is 0 Å². The summed E-state index contributed by atoms with van der Waals surface area (Å²) in [5.74, 6) is 0.340. The monoisotopic (exact) mass is 227 g/mol. The first kappa shape index (κ1) is 13.2. The van der Waals surface area contributed by atoms with Gasteiger partial charge in [-0.25, -0.2) is 0 Å². The van der Waals surface area contributed by atoms with E-state index < -0.39 is 0 Å². The quantitative estimate of drug-likeness (QED) is 0.575. The summed E-state index contributed by atoms with van der Waals surface area (Å²) in [6, 6.07) is 0. The van der Waals surface area contributed by atoms with Gasteiger partial charge in [0.2, 0.25) is 0 Å². The molecule has 1 fully saturated rings. The molecule has 1 saturated heterocycles. The first-order valence-corrected chi connectivity index (χ1v) is 5.93. The molecule has 1 rings (SSSR count). The summed E-state index contributed by atoms with van der Waals surface area (Å²) in [4.78, 5) is 13.7. The van der Waals surface area contributed by atoms with Gasteiger partial charge in [0.15, 0.2) is 5.78 Å². The van der Waals surface area contributed by atoms with E-state index in [1.807, 2.05) is 18.7 Å². The fourth-order valence-electron chi connectivity index (χ4n) is 1.77. The molecule has 1 aliphatic heterocycles. The van der Waals surface area contributed by atoms with Gasteiger partial charge in [-0.1, -0.05) is 6.92 Å². The molecule has 16 heavy (non-hydrogen) atoms. The molecule has 0 aromatic rings. The molecule has 0 unspecified atom stereocenters. The maximum atomic E-state index is 11.6. The molecule has 1 N–H and O–H groups in total. The molecule has 4 nitrogen and oxygen atoms in total. The van der Waals surface area contributed by atoms with Crippen LogP contribution in [0.3, 0.4) is 0 Å². The van der Waals surface area contributed by atoms with Crippen molar-refractivity contribution in [3.63, 3.8) is 0 Å². The maximum absolute atomic E-state index is 11.6. The first-order chi connectivity index (χ1) is 7.69. The summed E-state index contributed by atoms with van der Waals surface area (Å²) in [6.45, 7) is 6.38. The van der Waals surface area contributed by atoms with Crippen LogP contribution in [0, 0.1) is 0 Å². The van der Waals surface area contributed by atoms with E-state index in [1.54, 1.807) is 0 Å². The van der Waals surface area contributed by atoms with Gasteiger partial charge in [0, 0.05) is 38.1 Å². The summed E-state index contributed by atoms with van der Waals surface area (Å²) in [7, 11) is 0. The molecular formula is C12H21NO3. The highest BCUT2D eigenvalue weighted by molar-refractivity contribution is 5.97. The Balaban J connectivity index is 2.61. The van der Waals surface area contributed by atoms with Crippen LogP contribution in [0.5, 0.6) is 0 Å². The average Bonchev–Trinajstić information content (AvgIpc) is 2.28. The topological polar surface area (TPSA) is 49.8 Å². The molecule has 92 valence electrons. The minimum atomic E-state index is 0.0821. The van der Waals surface area contributed by atoms with Gasteiger partial charge in [-0.05, 0) is 13.3 Å². The van der Waals surface area contributed by atoms with E-state index >= 15 is 0 Å². The van der Waals surface area contributed by atoms with Gasteiger partial charge in [-0.3, -0.25) is 9.69 Å². The predicted octanol–water partition coefficient (Wildman–Crippen LogP) is 1.87. The summed E-state index contributed by atoms with van der Waals surface area (Å²) in [5.41, 5.74) is 0.577. The number of ketones is 1. The zero-order chi connectivity index (χ0) is 12.0. The Labute approximate surface area is 96.9 Å². The predicted molar refractivity (Wildman–Crippen MR) is 62.3 cm³/mol. The van der Waals surface area contributed by atoms with Crippen molar-refractivity contribution in [2.45, 2.75) is 33.1 Å². The van der Waals surface area contributed by atoms with Crippen LogP contribution in [-0.2, 0) is 9.53 Å². The van der Waals surface area contributed by atoms with Crippen molar-refractivity contribution >= 4 is 5.78 Å². The lowest BCUT2D eigenvalue weighted by molar-refractivity contribution is -0.118. The van der Waals surface area contributed by atoms with Gasteiger partial charge in [-0.2, -0.15) is 0 Å². The molecule has 1 heterocycles. The molecule has 0 spiro atoms. The molecule has 0 radical (unpaired) electrons. The Hall–Kier alpha value is -0.870. The molecule has 0 aromatic heterocycles. The van der Waals surface area contributed by atoms with Gasteiger partial charge in [0.25, 0.3) is 0 Å². The number of ether oxygens (including phenoxy) is 1. The average molecular weight is 227 g/mol. The number of hydrogen-bond donors (Lipinski definition) is 1. The van der Waals surface area contributed by atoms with Crippen LogP contribution >= 0.6 is 0 Å². The number of rotatable bonds is 5.